The first-order valence-corrected chi connectivity index (χ1v) is 10.1. The zero-order valence-electron chi connectivity index (χ0n) is 17.2. The molecule has 0 radical (unpaired) electrons. The predicted octanol–water partition coefficient (Wildman–Crippen LogP) is 3.60. The molecule has 4 rings (SSSR count). The highest BCUT2D eigenvalue weighted by atomic mass is 16.4. The number of benzene rings is 3. The molecule has 0 atom stereocenters. The fourth-order valence-corrected chi connectivity index (χ4v) is 3.52. The van der Waals surface area contributed by atoms with Crippen molar-refractivity contribution in [2.24, 2.45) is 0 Å². The summed E-state index contributed by atoms with van der Waals surface area (Å²) in [7, 11) is 0. The van der Waals surface area contributed by atoms with Crippen LogP contribution in [0.5, 0.6) is 5.75 Å². The van der Waals surface area contributed by atoms with Crippen LogP contribution in [0.2, 0.25) is 0 Å². The van der Waals surface area contributed by atoms with Crippen LogP contribution in [0.3, 0.4) is 0 Å². The number of carbonyl (C=O) groups excluding carboxylic acids is 1. The summed E-state index contributed by atoms with van der Waals surface area (Å²) in [4.78, 5) is 33.0. The quantitative estimate of drug-likeness (QED) is 0.415. The molecule has 7 nitrogen and oxygen atoms in total. The van der Waals surface area contributed by atoms with E-state index in [9.17, 15) is 14.7 Å². The normalized spacial score (nSPS) is 10.8. The predicted molar refractivity (Wildman–Crippen MR) is 120 cm³/mol. The SMILES string of the molecule is O=C(O)CNC(=O)c1c(O)ccc2nc(CCc3ccccc3)c(-c3ccccc3)nc12. The number of phenols is 1. The van der Waals surface area contributed by atoms with Gasteiger partial charge in [-0.1, -0.05) is 60.7 Å². The number of phenolic OH excluding ortho intramolecular Hbond substituents is 1. The number of aliphatic carboxylic acids is 1. The molecule has 160 valence electrons. The molecule has 0 fully saturated rings. The van der Waals surface area contributed by atoms with Gasteiger partial charge in [0.05, 0.1) is 16.9 Å². The number of carbonyl (C=O) groups is 2. The van der Waals surface area contributed by atoms with Crippen LogP contribution < -0.4 is 5.32 Å². The van der Waals surface area contributed by atoms with E-state index in [0.29, 0.717) is 17.6 Å². The third-order valence-electron chi connectivity index (χ3n) is 5.05. The minimum Gasteiger partial charge on any atom is -0.507 e. The lowest BCUT2D eigenvalue weighted by atomic mass is 10.0. The van der Waals surface area contributed by atoms with E-state index in [1.165, 1.54) is 11.6 Å². The van der Waals surface area contributed by atoms with Gasteiger partial charge in [-0.15, -0.1) is 0 Å². The van der Waals surface area contributed by atoms with Crippen molar-refractivity contribution >= 4 is 22.9 Å². The molecule has 0 bridgehead atoms. The number of amides is 1. The van der Waals surface area contributed by atoms with Gasteiger partial charge in [0.15, 0.2) is 0 Å². The third kappa shape index (κ3) is 4.57. The second-order valence-electron chi connectivity index (χ2n) is 7.27. The molecule has 0 saturated carbocycles. The zero-order chi connectivity index (χ0) is 22.5. The number of hydrogen-bond acceptors (Lipinski definition) is 5. The van der Waals surface area contributed by atoms with Gasteiger partial charge < -0.3 is 15.5 Å². The number of hydrogen-bond donors (Lipinski definition) is 3. The fourth-order valence-electron chi connectivity index (χ4n) is 3.52. The fraction of sp³-hybridized carbons (Fsp3) is 0.120. The van der Waals surface area contributed by atoms with Crippen molar-refractivity contribution in [2.75, 3.05) is 6.54 Å². The second kappa shape index (κ2) is 9.26. The molecule has 0 aliphatic rings. The van der Waals surface area contributed by atoms with E-state index in [2.05, 4.69) is 17.4 Å². The Morgan fingerprint density at radius 1 is 0.844 bits per heavy atom. The smallest absolute Gasteiger partial charge is 0.322 e. The van der Waals surface area contributed by atoms with Gasteiger partial charge in [0, 0.05) is 5.56 Å². The minimum absolute atomic E-state index is 0.0944. The third-order valence-corrected chi connectivity index (χ3v) is 5.05. The highest BCUT2D eigenvalue weighted by molar-refractivity contribution is 6.08. The average Bonchev–Trinajstić information content (AvgIpc) is 2.82. The number of aromatic nitrogens is 2. The number of carboxylic acid groups (broad SMARTS) is 1. The van der Waals surface area contributed by atoms with Crippen LogP contribution in [0.25, 0.3) is 22.3 Å². The number of rotatable bonds is 7. The van der Waals surface area contributed by atoms with E-state index in [4.69, 9.17) is 15.1 Å². The lowest BCUT2D eigenvalue weighted by Crippen LogP contribution is -2.29. The Hall–Kier alpha value is -4.26. The molecular formula is C25H21N3O4. The van der Waals surface area contributed by atoms with Crippen LogP contribution in [0.1, 0.15) is 21.6 Å². The zero-order valence-corrected chi connectivity index (χ0v) is 17.2. The molecule has 0 unspecified atom stereocenters. The topological polar surface area (TPSA) is 112 Å². The molecule has 4 aromatic rings. The first kappa shape index (κ1) is 21.0. The molecule has 0 aliphatic heterocycles. The van der Waals surface area contributed by atoms with Crippen molar-refractivity contribution in [3.05, 3.63) is 89.6 Å². The van der Waals surface area contributed by atoms with Crippen molar-refractivity contribution in [1.29, 1.82) is 0 Å². The van der Waals surface area contributed by atoms with Gasteiger partial charge in [0.1, 0.15) is 23.4 Å². The molecule has 1 heterocycles. The first-order chi connectivity index (χ1) is 15.5. The van der Waals surface area contributed by atoms with E-state index in [1.807, 2.05) is 48.5 Å². The summed E-state index contributed by atoms with van der Waals surface area (Å²) in [5.41, 5.74) is 3.98. The van der Waals surface area contributed by atoms with Crippen LogP contribution in [0, 0.1) is 0 Å². The molecule has 3 N–H and O–H groups in total. The van der Waals surface area contributed by atoms with E-state index in [-0.39, 0.29) is 16.8 Å². The van der Waals surface area contributed by atoms with Crippen molar-refractivity contribution in [2.45, 2.75) is 12.8 Å². The maximum atomic E-state index is 12.6. The van der Waals surface area contributed by atoms with Crippen LogP contribution in [-0.4, -0.2) is 38.6 Å². The number of carboxylic acids is 1. The van der Waals surface area contributed by atoms with Crippen molar-refractivity contribution < 1.29 is 19.8 Å². The number of nitrogens with zero attached hydrogens (tertiary/aromatic N) is 2. The Labute approximate surface area is 184 Å². The van der Waals surface area contributed by atoms with Gasteiger partial charge in [0.2, 0.25) is 0 Å². The summed E-state index contributed by atoms with van der Waals surface area (Å²) in [6, 6.07) is 22.5. The van der Waals surface area contributed by atoms with Gasteiger partial charge >= 0.3 is 5.97 Å². The van der Waals surface area contributed by atoms with E-state index < -0.39 is 18.4 Å². The number of fused-ring (bicyclic) bond motifs is 1. The van der Waals surface area contributed by atoms with Crippen LogP contribution >= 0.6 is 0 Å². The van der Waals surface area contributed by atoms with E-state index >= 15 is 0 Å². The molecule has 0 saturated heterocycles. The standard InChI is InChI=1S/C25H21N3O4/c29-20-14-13-19-24(22(20)25(32)26-15-21(30)31)28-23(17-9-5-2-6-10-17)18(27-19)12-11-16-7-3-1-4-8-16/h1-10,13-14,29H,11-12,15H2,(H,26,32)(H,30,31). The van der Waals surface area contributed by atoms with Gasteiger partial charge in [-0.25, -0.2) is 9.97 Å². The van der Waals surface area contributed by atoms with Crippen LogP contribution in [-0.2, 0) is 17.6 Å². The molecule has 32 heavy (non-hydrogen) atoms. The number of nitrogens with one attached hydrogen (secondary N) is 1. The summed E-state index contributed by atoms with van der Waals surface area (Å²) in [6.45, 7) is -0.567. The van der Waals surface area contributed by atoms with Gasteiger partial charge in [-0.2, -0.15) is 0 Å². The first-order valence-electron chi connectivity index (χ1n) is 10.1. The summed E-state index contributed by atoms with van der Waals surface area (Å²) in [5.74, 6) is -2.19. The summed E-state index contributed by atoms with van der Waals surface area (Å²) >= 11 is 0. The molecule has 7 heteroatoms. The molecule has 0 spiro atoms. The summed E-state index contributed by atoms with van der Waals surface area (Å²) < 4.78 is 0. The Bertz CT molecular complexity index is 1270. The van der Waals surface area contributed by atoms with Crippen molar-refractivity contribution in [3.63, 3.8) is 0 Å². The highest BCUT2D eigenvalue weighted by Crippen LogP contribution is 2.30. The molecule has 3 aromatic carbocycles. The molecule has 0 aliphatic carbocycles. The monoisotopic (exact) mass is 427 g/mol. The van der Waals surface area contributed by atoms with E-state index in [1.54, 1.807) is 6.07 Å². The van der Waals surface area contributed by atoms with E-state index in [0.717, 1.165) is 17.7 Å². The largest absolute Gasteiger partial charge is 0.507 e. The van der Waals surface area contributed by atoms with Gasteiger partial charge in [0.25, 0.3) is 5.91 Å². The Balaban J connectivity index is 1.82. The Morgan fingerprint density at radius 2 is 1.53 bits per heavy atom. The molecule has 1 aromatic heterocycles. The van der Waals surface area contributed by atoms with Crippen LogP contribution in [0.15, 0.2) is 72.8 Å². The minimum atomic E-state index is -1.18. The summed E-state index contributed by atoms with van der Waals surface area (Å²) in [5, 5.41) is 21.5. The second-order valence-corrected chi connectivity index (χ2v) is 7.27. The number of aryl methyl sites for hydroxylation is 2. The van der Waals surface area contributed by atoms with Gasteiger partial charge in [-0.05, 0) is 30.5 Å². The van der Waals surface area contributed by atoms with Crippen LogP contribution in [0.4, 0.5) is 0 Å². The molecule has 1 amide bonds. The van der Waals surface area contributed by atoms with Crippen molar-refractivity contribution in [3.8, 4) is 17.0 Å². The number of aromatic hydroxyl groups is 1. The lowest BCUT2D eigenvalue weighted by molar-refractivity contribution is -0.135. The highest BCUT2D eigenvalue weighted by Gasteiger charge is 2.20. The maximum absolute atomic E-state index is 12.6. The molecular weight excluding hydrogens is 406 g/mol. The van der Waals surface area contributed by atoms with Gasteiger partial charge in [-0.3, -0.25) is 9.59 Å². The summed E-state index contributed by atoms with van der Waals surface area (Å²) in [6.07, 6.45) is 1.41. The average molecular weight is 427 g/mol. The maximum Gasteiger partial charge on any atom is 0.322 e. The Kier molecular flexibility index (Phi) is 6.07. The van der Waals surface area contributed by atoms with Crippen molar-refractivity contribution in [1.82, 2.24) is 15.3 Å². The lowest BCUT2D eigenvalue weighted by Gasteiger charge is -2.13. The Morgan fingerprint density at radius 3 is 2.22 bits per heavy atom.